The Bertz CT molecular complexity index is 1460. The number of carbonyl (C=O) groups is 2. The highest BCUT2D eigenvalue weighted by Crippen LogP contribution is 2.42. The molecule has 0 aliphatic carbocycles. The van der Waals surface area contributed by atoms with Gasteiger partial charge in [0.1, 0.15) is 16.5 Å². The van der Waals surface area contributed by atoms with Crippen LogP contribution in [0, 0.1) is 0 Å². The molecule has 38 heavy (non-hydrogen) atoms. The summed E-state index contributed by atoms with van der Waals surface area (Å²) in [5.74, 6) is -0.928. The van der Waals surface area contributed by atoms with E-state index in [1.807, 2.05) is 59.3 Å². The molecule has 8 heteroatoms. The van der Waals surface area contributed by atoms with Gasteiger partial charge in [0.05, 0.1) is 17.3 Å². The van der Waals surface area contributed by atoms with Gasteiger partial charge >= 0.3 is 0 Å². The van der Waals surface area contributed by atoms with Gasteiger partial charge in [-0.1, -0.05) is 120 Å². The van der Waals surface area contributed by atoms with E-state index in [9.17, 15) is 9.59 Å². The topological polar surface area (TPSA) is 77.3 Å². The zero-order valence-electron chi connectivity index (χ0n) is 20.2. The van der Waals surface area contributed by atoms with Gasteiger partial charge in [-0.05, 0) is 28.8 Å². The lowest BCUT2D eigenvalue weighted by molar-refractivity contribution is -0.0715. The van der Waals surface area contributed by atoms with Crippen LogP contribution in [-0.2, 0) is 10.4 Å². The highest BCUT2D eigenvalue weighted by molar-refractivity contribution is 7.99. The van der Waals surface area contributed by atoms with Crippen molar-refractivity contribution in [3.8, 4) is 0 Å². The molecule has 6 rings (SSSR count). The molecule has 7 nitrogen and oxygen atoms in total. The molecule has 1 aliphatic rings. The lowest BCUT2D eigenvalue weighted by atomic mass is 9.77. The minimum atomic E-state index is -0.835. The highest BCUT2D eigenvalue weighted by atomic mass is 32.2. The van der Waals surface area contributed by atoms with Crippen molar-refractivity contribution in [1.29, 1.82) is 0 Å². The lowest BCUT2D eigenvalue weighted by Crippen LogP contribution is -2.39. The highest BCUT2D eigenvalue weighted by Gasteiger charge is 2.41. The zero-order chi connectivity index (χ0) is 26.0. The maximum Gasteiger partial charge on any atom is 0.285 e. The Morgan fingerprint density at radius 2 is 1.11 bits per heavy atom. The monoisotopic (exact) mass is 518 g/mol. The first-order chi connectivity index (χ1) is 18.7. The second kappa shape index (κ2) is 10.1. The van der Waals surface area contributed by atoms with Crippen molar-refractivity contribution in [3.63, 3.8) is 0 Å². The molecule has 0 saturated carbocycles. The molecule has 5 aromatic rings. The first-order valence-electron chi connectivity index (χ1n) is 12.0. The Hall–Kier alpha value is -4.53. The minimum absolute atomic E-state index is 0.00723. The number of benzene rings is 4. The fourth-order valence-electron chi connectivity index (χ4n) is 4.89. The van der Waals surface area contributed by atoms with Gasteiger partial charge in [0, 0.05) is 0 Å². The van der Waals surface area contributed by atoms with Crippen LogP contribution in [0.15, 0.2) is 126 Å². The Morgan fingerprint density at radius 1 is 0.658 bits per heavy atom. The fourth-order valence-corrected chi connectivity index (χ4v) is 5.58. The summed E-state index contributed by atoms with van der Waals surface area (Å²) in [4.78, 5) is 31.1. The molecule has 0 N–H and O–H groups in total. The normalized spacial score (nSPS) is 13.1. The SMILES string of the molecule is O=C1c2ccccc2C(=O)N1OCSc1cnnn1C(c1ccccc1)(c1ccccc1)c1ccccc1. The number of rotatable bonds is 8. The van der Waals surface area contributed by atoms with Gasteiger partial charge in [0.2, 0.25) is 0 Å². The Kier molecular flexibility index (Phi) is 6.33. The van der Waals surface area contributed by atoms with Gasteiger partial charge in [0.25, 0.3) is 11.8 Å². The molecular weight excluding hydrogens is 496 g/mol. The van der Waals surface area contributed by atoms with E-state index in [1.54, 1.807) is 30.5 Å². The summed E-state index contributed by atoms with van der Waals surface area (Å²) in [5, 5.41) is 10.4. The maximum absolute atomic E-state index is 12.7. The van der Waals surface area contributed by atoms with Gasteiger partial charge in [-0.25, -0.2) is 4.68 Å². The third-order valence-electron chi connectivity index (χ3n) is 6.56. The van der Waals surface area contributed by atoms with E-state index < -0.39 is 17.4 Å². The molecule has 2 heterocycles. The average molecular weight is 519 g/mol. The van der Waals surface area contributed by atoms with Crippen LogP contribution in [-0.4, -0.2) is 37.8 Å². The fraction of sp³-hybridized carbons (Fsp3) is 0.0667. The molecular formula is C30H22N4O3S. The summed E-state index contributed by atoms with van der Waals surface area (Å²) in [7, 11) is 0. The zero-order valence-corrected chi connectivity index (χ0v) is 21.0. The lowest BCUT2D eigenvalue weighted by Gasteiger charge is -2.36. The maximum atomic E-state index is 12.7. The molecule has 0 radical (unpaired) electrons. The summed E-state index contributed by atoms with van der Waals surface area (Å²) in [6.45, 7) is 0. The first kappa shape index (κ1) is 23.8. The minimum Gasteiger partial charge on any atom is -0.266 e. The third kappa shape index (κ3) is 3.91. The Balaban J connectivity index is 1.39. The molecule has 186 valence electrons. The number of hydrogen-bond donors (Lipinski definition) is 0. The number of hydrogen-bond acceptors (Lipinski definition) is 6. The van der Waals surface area contributed by atoms with E-state index in [-0.39, 0.29) is 5.94 Å². The number of aromatic nitrogens is 3. The number of hydroxylamine groups is 2. The van der Waals surface area contributed by atoms with Crippen molar-refractivity contribution >= 4 is 23.6 Å². The van der Waals surface area contributed by atoms with E-state index in [0.717, 1.165) is 21.8 Å². The third-order valence-corrected chi connectivity index (χ3v) is 7.35. The summed E-state index contributed by atoms with van der Waals surface area (Å²) < 4.78 is 1.88. The summed E-state index contributed by atoms with van der Waals surface area (Å²) in [6.07, 6.45) is 1.67. The van der Waals surface area contributed by atoms with E-state index in [1.165, 1.54) is 11.8 Å². The van der Waals surface area contributed by atoms with Crippen LogP contribution in [0.2, 0.25) is 0 Å². The predicted molar refractivity (Wildman–Crippen MR) is 143 cm³/mol. The Morgan fingerprint density at radius 3 is 1.58 bits per heavy atom. The van der Waals surface area contributed by atoms with Crippen molar-refractivity contribution < 1.29 is 14.4 Å². The molecule has 0 bridgehead atoms. The number of nitrogens with zero attached hydrogens (tertiary/aromatic N) is 4. The predicted octanol–water partition coefficient (Wildman–Crippen LogP) is 5.40. The molecule has 4 aromatic carbocycles. The summed E-state index contributed by atoms with van der Waals surface area (Å²) in [6, 6.07) is 37.1. The molecule has 0 atom stereocenters. The van der Waals surface area contributed by atoms with Crippen molar-refractivity contribution in [2.45, 2.75) is 10.6 Å². The molecule has 2 amide bonds. The van der Waals surface area contributed by atoms with Gasteiger partial charge in [-0.3, -0.25) is 14.4 Å². The molecule has 1 aromatic heterocycles. The average Bonchev–Trinajstić information content (AvgIpc) is 3.54. The van der Waals surface area contributed by atoms with Crippen LogP contribution in [0.5, 0.6) is 0 Å². The van der Waals surface area contributed by atoms with Crippen LogP contribution in [0.4, 0.5) is 0 Å². The van der Waals surface area contributed by atoms with Gasteiger partial charge in [-0.2, -0.15) is 0 Å². The van der Waals surface area contributed by atoms with Crippen LogP contribution >= 0.6 is 11.8 Å². The smallest absolute Gasteiger partial charge is 0.266 e. The van der Waals surface area contributed by atoms with Crippen LogP contribution in [0.3, 0.4) is 0 Å². The van der Waals surface area contributed by atoms with E-state index in [4.69, 9.17) is 4.84 Å². The number of imide groups is 1. The van der Waals surface area contributed by atoms with E-state index in [0.29, 0.717) is 16.2 Å². The van der Waals surface area contributed by atoms with Crippen LogP contribution in [0.25, 0.3) is 0 Å². The Labute approximate surface area is 223 Å². The van der Waals surface area contributed by atoms with Gasteiger partial charge in [0.15, 0.2) is 0 Å². The van der Waals surface area contributed by atoms with Crippen molar-refractivity contribution in [2.75, 3.05) is 5.94 Å². The second-order valence-electron chi connectivity index (χ2n) is 8.63. The van der Waals surface area contributed by atoms with Crippen LogP contribution < -0.4 is 0 Å². The van der Waals surface area contributed by atoms with E-state index >= 15 is 0 Å². The summed E-state index contributed by atoms with van der Waals surface area (Å²) >= 11 is 1.30. The number of amides is 2. The largest absolute Gasteiger partial charge is 0.285 e. The summed E-state index contributed by atoms with van der Waals surface area (Å²) in [5.41, 5.74) is 2.86. The second-order valence-corrected chi connectivity index (χ2v) is 9.58. The quantitative estimate of drug-likeness (QED) is 0.119. The van der Waals surface area contributed by atoms with E-state index in [2.05, 4.69) is 46.7 Å². The molecule has 1 aliphatic heterocycles. The first-order valence-corrected chi connectivity index (χ1v) is 13.0. The van der Waals surface area contributed by atoms with Crippen molar-refractivity contribution in [1.82, 2.24) is 20.1 Å². The molecule has 0 spiro atoms. The molecule has 0 unspecified atom stereocenters. The molecule has 0 fully saturated rings. The van der Waals surface area contributed by atoms with Crippen molar-refractivity contribution in [2.24, 2.45) is 0 Å². The standard InChI is InChI=1S/C30H22N4O3S/c35-28-25-18-10-11-19-26(25)29(36)33(28)37-21-38-27-20-31-32-34(27)30(22-12-4-1-5-13-22,23-14-6-2-7-15-23)24-16-8-3-9-17-24/h1-20H,21H2. The number of carbonyl (C=O) groups excluding carboxylic acids is 2. The van der Waals surface area contributed by atoms with Crippen LogP contribution in [0.1, 0.15) is 37.4 Å². The van der Waals surface area contributed by atoms with Crippen molar-refractivity contribution in [3.05, 3.63) is 149 Å². The molecule has 0 saturated heterocycles. The van der Waals surface area contributed by atoms with Gasteiger partial charge < -0.3 is 0 Å². The number of thioether (sulfide) groups is 1. The number of fused-ring (bicyclic) bond motifs is 1. The van der Waals surface area contributed by atoms with Gasteiger partial charge in [-0.15, -0.1) is 10.2 Å².